The Morgan fingerprint density at radius 3 is 2.55 bits per heavy atom. The molecular weight excluding hydrogens is 489 g/mol. The highest BCUT2D eigenvalue weighted by molar-refractivity contribution is 5.99. The van der Waals surface area contributed by atoms with E-state index in [4.69, 9.17) is 10.5 Å². The van der Waals surface area contributed by atoms with E-state index in [1.807, 2.05) is 18.9 Å². The van der Waals surface area contributed by atoms with Crippen LogP contribution in [0.15, 0.2) is 55.1 Å². The second-order valence-electron chi connectivity index (χ2n) is 8.80. The van der Waals surface area contributed by atoms with Gasteiger partial charge in [0.15, 0.2) is 11.5 Å². The van der Waals surface area contributed by atoms with E-state index in [2.05, 4.69) is 32.1 Å². The Labute approximate surface area is 220 Å². The van der Waals surface area contributed by atoms with Crippen LogP contribution in [-0.2, 0) is 11.2 Å². The third kappa shape index (κ3) is 6.24. The number of nitrogens with two attached hydrogens (primary N) is 1. The second-order valence-corrected chi connectivity index (χ2v) is 8.80. The first-order valence-corrected chi connectivity index (χ1v) is 12.2. The minimum Gasteiger partial charge on any atom is -0.437 e. The monoisotopic (exact) mass is 519 g/mol. The summed E-state index contributed by atoms with van der Waals surface area (Å²) in [5, 5.41) is 5.63. The van der Waals surface area contributed by atoms with Crippen LogP contribution < -0.4 is 26.0 Å². The van der Waals surface area contributed by atoms with E-state index in [1.165, 1.54) is 6.07 Å². The van der Waals surface area contributed by atoms with Crippen molar-refractivity contribution in [2.24, 2.45) is 5.73 Å². The van der Waals surface area contributed by atoms with E-state index in [9.17, 15) is 9.59 Å². The summed E-state index contributed by atoms with van der Waals surface area (Å²) in [6, 6.07) is 11.5. The maximum Gasteiger partial charge on any atom is 0.271 e. The van der Waals surface area contributed by atoms with Gasteiger partial charge in [-0.2, -0.15) is 4.98 Å². The van der Waals surface area contributed by atoms with E-state index >= 15 is 4.39 Å². The number of ether oxygens (including phenoxy) is 1. The van der Waals surface area contributed by atoms with Gasteiger partial charge < -0.3 is 30.9 Å². The van der Waals surface area contributed by atoms with Crippen LogP contribution in [0.2, 0.25) is 0 Å². The van der Waals surface area contributed by atoms with Gasteiger partial charge in [0.05, 0.1) is 5.69 Å². The normalized spacial score (nSPS) is 13.6. The third-order valence-corrected chi connectivity index (χ3v) is 6.06. The lowest BCUT2D eigenvalue weighted by molar-refractivity contribution is -0.111. The summed E-state index contributed by atoms with van der Waals surface area (Å²) >= 11 is 0. The van der Waals surface area contributed by atoms with E-state index < -0.39 is 11.7 Å². The molecule has 1 saturated heterocycles. The molecule has 0 radical (unpaired) electrons. The number of likely N-dealkylation sites (N-methyl/N-ethyl adjacent to an activating group) is 1. The summed E-state index contributed by atoms with van der Waals surface area (Å²) in [4.78, 5) is 36.9. The lowest BCUT2D eigenvalue weighted by atomic mass is 10.2. The molecule has 0 atom stereocenters. The number of carbonyl (C=O) groups excluding carboxylic acids is 2. The Bertz CT molecular complexity index is 1360. The number of piperazine rings is 1. The van der Waals surface area contributed by atoms with Crippen molar-refractivity contribution >= 4 is 34.7 Å². The molecule has 198 valence electrons. The van der Waals surface area contributed by atoms with Crippen molar-refractivity contribution in [1.82, 2.24) is 14.9 Å². The highest BCUT2D eigenvalue weighted by atomic mass is 19.1. The number of hydrogen-bond donors (Lipinski definition) is 3. The highest BCUT2D eigenvalue weighted by Crippen LogP contribution is 2.30. The zero-order chi connectivity index (χ0) is 27.2. The number of benzene rings is 2. The fourth-order valence-corrected chi connectivity index (χ4v) is 3.99. The number of carbonyl (C=O) groups is 2. The van der Waals surface area contributed by atoms with Crippen LogP contribution >= 0.6 is 0 Å². The molecule has 38 heavy (non-hydrogen) atoms. The summed E-state index contributed by atoms with van der Waals surface area (Å²) < 4.78 is 21.0. The van der Waals surface area contributed by atoms with Crippen LogP contribution in [0.25, 0.3) is 0 Å². The molecule has 10 nitrogen and oxygen atoms in total. The fourth-order valence-electron chi connectivity index (χ4n) is 3.99. The average Bonchev–Trinajstić information content (AvgIpc) is 2.89. The molecular formula is C27H30FN7O3. The highest BCUT2D eigenvalue weighted by Gasteiger charge is 2.21. The smallest absolute Gasteiger partial charge is 0.271 e. The van der Waals surface area contributed by atoms with Gasteiger partial charge in [-0.1, -0.05) is 19.6 Å². The maximum atomic E-state index is 15.0. The minimum atomic E-state index is -0.787. The van der Waals surface area contributed by atoms with Gasteiger partial charge in [-0.3, -0.25) is 9.59 Å². The van der Waals surface area contributed by atoms with Crippen LogP contribution in [0.5, 0.6) is 11.6 Å². The predicted octanol–water partition coefficient (Wildman–Crippen LogP) is 3.69. The van der Waals surface area contributed by atoms with Crippen molar-refractivity contribution in [3.63, 3.8) is 0 Å². The molecule has 1 fully saturated rings. The van der Waals surface area contributed by atoms with E-state index in [1.54, 1.807) is 36.4 Å². The zero-order valence-electron chi connectivity index (χ0n) is 21.3. The van der Waals surface area contributed by atoms with Crippen molar-refractivity contribution in [3.8, 4) is 11.6 Å². The van der Waals surface area contributed by atoms with Gasteiger partial charge >= 0.3 is 0 Å². The molecule has 2 amide bonds. The van der Waals surface area contributed by atoms with Crippen molar-refractivity contribution in [2.45, 2.75) is 13.3 Å². The van der Waals surface area contributed by atoms with Crippen LogP contribution in [0.1, 0.15) is 23.1 Å². The zero-order valence-corrected chi connectivity index (χ0v) is 21.3. The fraction of sp³-hybridized carbons (Fsp3) is 0.259. The Morgan fingerprint density at radius 1 is 1.13 bits per heavy atom. The van der Waals surface area contributed by atoms with Gasteiger partial charge in [0.25, 0.3) is 5.91 Å². The standard InChI is InChI=1S/C27H30FN7O3/c1-4-21-27(38-19-8-6-7-17(15-19)30-23(36)5-2)33-26(24(32-21)25(29)37)31-18-9-10-22(20(28)16-18)35-13-11-34(3)12-14-35/h5-10,15-16H,2,4,11-14H2,1,3H3,(H2,29,37)(H,30,36)(H,31,33). The van der Waals surface area contributed by atoms with Crippen LogP contribution in [0.4, 0.5) is 27.3 Å². The van der Waals surface area contributed by atoms with Gasteiger partial charge in [-0.15, -0.1) is 0 Å². The lowest BCUT2D eigenvalue weighted by Gasteiger charge is -2.34. The number of primary amides is 1. The second kappa shape index (κ2) is 11.7. The number of halogens is 1. The number of anilines is 4. The van der Waals surface area contributed by atoms with E-state index in [0.717, 1.165) is 32.3 Å². The van der Waals surface area contributed by atoms with E-state index in [0.29, 0.717) is 34.9 Å². The molecule has 11 heteroatoms. The number of aromatic nitrogens is 2. The van der Waals surface area contributed by atoms with Gasteiger partial charge in [-0.05, 0) is 49.9 Å². The molecule has 0 bridgehead atoms. The number of nitrogens with one attached hydrogen (secondary N) is 2. The average molecular weight is 520 g/mol. The molecule has 0 spiro atoms. The summed E-state index contributed by atoms with van der Waals surface area (Å²) in [5.41, 5.74) is 7.28. The Balaban J connectivity index is 1.62. The first-order chi connectivity index (χ1) is 18.3. The van der Waals surface area contributed by atoms with Crippen LogP contribution in [0, 0.1) is 5.82 Å². The first-order valence-electron chi connectivity index (χ1n) is 12.2. The minimum absolute atomic E-state index is 0.0348. The number of nitrogens with zero attached hydrogens (tertiary/aromatic N) is 4. The summed E-state index contributed by atoms with van der Waals surface area (Å²) in [7, 11) is 2.04. The van der Waals surface area contributed by atoms with Crippen molar-refractivity contribution < 1.29 is 18.7 Å². The first kappa shape index (κ1) is 26.6. The molecule has 4 rings (SSSR count). The maximum absolute atomic E-state index is 15.0. The quantitative estimate of drug-likeness (QED) is 0.366. The molecule has 3 aromatic rings. The Hall–Kier alpha value is -4.51. The van der Waals surface area contributed by atoms with Crippen LogP contribution in [-0.4, -0.2) is 59.9 Å². The number of aryl methyl sites for hydroxylation is 1. The SMILES string of the molecule is C=CC(=O)Nc1cccc(Oc2nc(Nc3ccc(N4CCN(C)CC4)c(F)c3)c(C(N)=O)nc2CC)c1. The van der Waals surface area contributed by atoms with Crippen molar-refractivity contribution in [2.75, 3.05) is 48.8 Å². The Kier molecular flexibility index (Phi) is 8.17. The van der Waals surface area contributed by atoms with E-state index in [-0.39, 0.29) is 23.3 Å². The molecule has 0 aliphatic carbocycles. The number of amides is 2. The largest absolute Gasteiger partial charge is 0.437 e. The molecule has 1 aromatic heterocycles. The molecule has 4 N–H and O–H groups in total. The Morgan fingerprint density at radius 2 is 1.89 bits per heavy atom. The summed E-state index contributed by atoms with van der Waals surface area (Å²) in [6.45, 7) is 8.45. The summed E-state index contributed by atoms with van der Waals surface area (Å²) in [5.74, 6) is -0.983. The topological polar surface area (TPSA) is 126 Å². The van der Waals surface area contributed by atoms with Gasteiger partial charge in [0.1, 0.15) is 17.3 Å². The molecule has 2 aromatic carbocycles. The molecule has 1 aliphatic rings. The molecule has 0 unspecified atom stereocenters. The lowest BCUT2D eigenvalue weighted by Crippen LogP contribution is -2.44. The molecule has 2 heterocycles. The van der Waals surface area contributed by atoms with Gasteiger partial charge in [0.2, 0.25) is 11.8 Å². The molecule has 1 aliphatic heterocycles. The third-order valence-electron chi connectivity index (χ3n) is 6.06. The van der Waals surface area contributed by atoms with Crippen molar-refractivity contribution in [1.29, 1.82) is 0 Å². The van der Waals surface area contributed by atoms with Gasteiger partial charge in [-0.25, -0.2) is 9.37 Å². The predicted molar refractivity (Wildman–Crippen MR) is 145 cm³/mol. The number of hydrogen-bond acceptors (Lipinski definition) is 8. The summed E-state index contributed by atoms with van der Waals surface area (Å²) in [6.07, 6.45) is 1.57. The van der Waals surface area contributed by atoms with Crippen molar-refractivity contribution in [3.05, 3.63) is 72.3 Å². The molecule has 0 saturated carbocycles. The number of rotatable bonds is 9. The van der Waals surface area contributed by atoms with Crippen LogP contribution in [0.3, 0.4) is 0 Å². The van der Waals surface area contributed by atoms with Gasteiger partial charge in [0, 0.05) is 43.6 Å².